The van der Waals surface area contributed by atoms with Crippen LogP contribution >= 0.6 is 0 Å². The van der Waals surface area contributed by atoms with Gasteiger partial charge in [-0.1, -0.05) is 24.3 Å². The lowest BCUT2D eigenvalue weighted by Gasteiger charge is -2.04. The number of carbonyl (C=O) groups is 1. The molecule has 0 atom stereocenters. The molecule has 1 amide bonds. The first-order valence-electron chi connectivity index (χ1n) is 7.06. The molecule has 0 saturated carbocycles. The van der Waals surface area contributed by atoms with E-state index < -0.39 is 5.09 Å². The molecule has 2 aromatic carbocycles. The molecular weight excluding hydrogens is 312 g/mol. The van der Waals surface area contributed by atoms with Crippen LogP contribution in [-0.2, 0) is 16.2 Å². The van der Waals surface area contributed by atoms with Gasteiger partial charge in [0, 0.05) is 11.8 Å². The number of ether oxygens (including phenoxy) is 1. The third-order valence-corrected chi connectivity index (χ3v) is 3.10. The predicted molar refractivity (Wildman–Crippen MR) is 88.9 cm³/mol. The van der Waals surface area contributed by atoms with Gasteiger partial charge in [0.05, 0.1) is 7.11 Å². The first-order chi connectivity index (χ1) is 11.6. The van der Waals surface area contributed by atoms with Crippen LogP contribution in [0.2, 0.25) is 0 Å². The Hall–Kier alpha value is -3.35. The second-order valence-electron chi connectivity index (χ2n) is 4.79. The zero-order chi connectivity index (χ0) is 17.4. The number of carbonyl (C=O) groups excluding carboxylic acids is 1. The molecule has 0 fully saturated rings. The molecule has 0 bridgehead atoms. The van der Waals surface area contributed by atoms with Crippen LogP contribution in [0.25, 0.3) is 6.08 Å². The Morgan fingerprint density at radius 3 is 2.42 bits per heavy atom. The van der Waals surface area contributed by atoms with Crippen molar-refractivity contribution in [1.82, 2.24) is 0 Å². The molecule has 1 N–H and O–H groups in total. The van der Waals surface area contributed by atoms with Crippen LogP contribution in [0.4, 0.5) is 5.69 Å². The number of anilines is 1. The number of nitrogens with zero attached hydrogens (tertiary/aromatic N) is 1. The average Bonchev–Trinajstić information content (AvgIpc) is 2.60. The fraction of sp³-hybridized carbons (Fsp3) is 0.118. The van der Waals surface area contributed by atoms with E-state index in [2.05, 4.69) is 10.2 Å². The summed E-state index contributed by atoms with van der Waals surface area (Å²) in [5.74, 6) is 0.470. The van der Waals surface area contributed by atoms with Crippen LogP contribution in [0.15, 0.2) is 54.6 Å². The smallest absolute Gasteiger partial charge is 0.294 e. The monoisotopic (exact) mass is 328 g/mol. The third-order valence-electron chi connectivity index (χ3n) is 3.10. The van der Waals surface area contributed by atoms with E-state index in [4.69, 9.17) is 4.74 Å². The SMILES string of the molecule is COc1ccc(C=CC(=O)Nc2ccc(CO[N+](=O)[O-])cc2)cc1. The molecule has 0 aliphatic heterocycles. The molecule has 0 spiro atoms. The summed E-state index contributed by atoms with van der Waals surface area (Å²) in [6.07, 6.45) is 3.11. The molecule has 2 aromatic rings. The number of hydrogen-bond acceptors (Lipinski definition) is 5. The Bertz CT molecular complexity index is 724. The van der Waals surface area contributed by atoms with Crippen molar-refractivity contribution in [2.24, 2.45) is 0 Å². The Balaban J connectivity index is 1.89. The molecular formula is C17H16N2O5. The maximum atomic E-state index is 11.9. The first-order valence-corrected chi connectivity index (χ1v) is 7.06. The van der Waals surface area contributed by atoms with Gasteiger partial charge in [0.15, 0.2) is 0 Å². The van der Waals surface area contributed by atoms with Gasteiger partial charge in [-0.2, -0.15) is 0 Å². The van der Waals surface area contributed by atoms with Gasteiger partial charge >= 0.3 is 0 Å². The largest absolute Gasteiger partial charge is 0.497 e. The van der Waals surface area contributed by atoms with Gasteiger partial charge < -0.3 is 14.9 Å². The van der Waals surface area contributed by atoms with E-state index in [0.29, 0.717) is 11.3 Å². The third kappa shape index (κ3) is 5.45. The van der Waals surface area contributed by atoms with Gasteiger partial charge in [-0.15, -0.1) is 10.1 Å². The number of nitrogens with one attached hydrogen (secondary N) is 1. The molecule has 0 aliphatic carbocycles. The van der Waals surface area contributed by atoms with E-state index in [9.17, 15) is 14.9 Å². The molecule has 0 radical (unpaired) electrons. The Morgan fingerprint density at radius 1 is 1.17 bits per heavy atom. The molecule has 0 saturated heterocycles. The van der Waals surface area contributed by atoms with Crippen LogP contribution in [0.1, 0.15) is 11.1 Å². The van der Waals surface area contributed by atoms with Gasteiger partial charge in [0.1, 0.15) is 12.4 Å². The quantitative estimate of drug-likeness (QED) is 0.479. The lowest BCUT2D eigenvalue weighted by molar-refractivity contribution is -0.763. The lowest BCUT2D eigenvalue weighted by Crippen LogP contribution is -2.07. The summed E-state index contributed by atoms with van der Waals surface area (Å²) >= 11 is 0. The van der Waals surface area contributed by atoms with Crippen molar-refractivity contribution in [3.63, 3.8) is 0 Å². The van der Waals surface area contributed by atoms with Gasteiger partial charge in [-0.05, 0) is 41.5 Å². The minimum Gasteiger partial charge on any atom is -0.497 e. The van der Waals surface area contributed by atoms with Crippen LogP contribution in [-0.4, -0.2) is 18.1 Å². The molecule has 0 heterocycles. The fourth-order valence-electron chi connectivity index (χ4n) is 1.88. The lowest BCUT2D eigenvalue weighted by atomic mass is 10.2. The van der Waals surface area contributed by atoms with Crippen molar-refractivity contribution in [2.45, 2.75) is 6.61 Å². The van der Waals surface area contributed by atoms with E-state index in [1.807, 2.05) is 24.3 Å². The van der Waals surface area contributed by atoms with Crippen molar-refractivity contribution in [2.75, 3.05) is 12.4 Å². The highest BCUT2D eigenvalue weighted by Gasteiger charge is 2.01. The molecule has 0 unspecified atom stereocenters. The minimum absolute atomic E-state index is 0.126. The Labute approximate surface area is 138 Å². The van der Waals surface area contributed by atoms with Crippen molar-refractivity contribution >= 4 is 17.7 Å². The van der Waals surface area contributed by atoms with Crippen LogP contribution < -0.4 is 10.1 Å². The van der Waals surface area contributed by atoms with Gasteiger partial charge in [0.25, 0.3) is 5.09 Å². The van der Waals surface area contributed by atoms with E-state index >= 15 is 0 Å². The molecule has 24 heavy (non-hydrogen) atoms. The number of benzene rings is 2. The molecule has 2 rings (SSSR count). The standard InChI is InChI=1S/C17H16N2O5/c1-23-16-9-4-13(5-10-16)6-11-17(20)18-15-7-2-14(3-8-15)12-24-19(21)22/h2-11H,12H2,1H3,(H,18,20). The van der Waals surface area contributed by atoms with Gasteiger partial charge in [0.2, 0.25) is 5.91 Å². The van der Waals surface area contributed by atoms with Crippen molar-refractivity contribution < 1.29 is 19.5 Å². The average molecular weight is 328 g/mol. The second-order valence-corrected chi connectivity index (χ2v) is 4.79. The van der Waals surface area contributed by atoms with Gasteiger partial charge in [-0.25, -0.2) is 0 Å². The molecule has 7 nitrogen and oxygen atoms in total. The van der Waals surface area contributed by atoms with E-state index in [1.54, 1.807) is 37.5 Å². The summed E-state index contributed by atoms with van der Waals surface area (Å²) < 4.78 is 5.06. The van der Waals surface area contributed by atoms with Crippen molar-refractivity contribution in [3.8, 4) is 5.75 Å². The highest BCUT2D eigenvalue weighted by Crippen LogP contribution is 2.13. The molecule has 0 aliphatic rings. The Kier molecular flexibility index (Phi) is 5.90. The minimum atomic E-state index is -0.848. The predicted octanol–water partition coefficient (Wildman–Crippen LogP) is 3.06. The van der Waals surface area contributed by atoms with E-state index in [-0.39, 0.29) is 12.5 Å². The Morgan fingerprint density at radius 2 is 1.83 bits per heavy atom. The highest BCUT2D eigenvalue weighted by molar-refractivity contribution is 6.01. The number of methoxy groups -OCH3 is 1. The van der Waals surface area contributed by atoms with Crippen molar-refractivity contribution in [3.05, 3.63) is 75.8 Å². The van der Waals surface area contributed by atoms with Crippen LogP contribution in [0, 0.1) is 10.1 Å². The zero-order valence-electron chi connectivity index (χ0n) is 13.0. The summed E-state index contributed by atoms with van der Waals surface area (Å²) in [7, 11) is 1.59. The maximum absolute atomic E-state index is 11.9. The highest BCUT2D eigenvalue weighted by atomic mass is 16.9. The number of rotatable bonds is 7. The summed E-state index contributed by atoms with van der Waals surface area (Å²) in [6.45, 7) is -0.126. The summed E-state index contributed by atoms with van der Waals surface area (Å²) in [4.78, 5) is 26.3. The maximum Gasteiger partial charge on any atom is 0.294 e. The van der Waals surface area contributed by atoms with Gasteiger partial charge in [-0.3, -0.25) is 4.79 Å². The van der Waals surface area contributed by atoms with Crippen LogP contribution in [0.3, 0.4) is 0 Å². The fourth-order valence-corrected chi connectivity index (χ4v) is 1.88. The molecule has 7 heteroatoms. The normalized spacial score (nSPS) is 10.4. The molecule has 0 aromatic heterocycles. The summed E-state index contributed by atoms with van der Waals surface area (Å²) in [6, 6.07) is 13.9. The van der Waals surface area contributed by atoms with Crippen LogP contribution in [0.5, 0.6) is 5.75 Å². The molecule has 124 valence electrons. The first kappa shape index (κ1) is 17.0. The number of hydrogen-bond donors (Lipinski definition) is 1. The summed E-state index contributed by atoms with van der Waals surface area (Å²) in [5, 5.41) is 12.0. The van der Waals surface area contributed by atoms with E-state index in [0.717, 1.165) is 11.3 Å². The van der Waals surface area contributed by atoms with E-state index in [1.165, 1.54) is 6.08 Å². The zero-order valence-corrected chi connectivity index (χ0v) is 13.0. The van der Waals surface area contributed by atoms with Crippen molar-refractivity contribution in [1.29, 1.82) is 0 Å². The second kappa shape index (κ2) is 8.33. The topological polar surface area (TPSA) is 90.7 Å². The summed E-state index contributed by atoms with van der Waals surface area (Å²) in [5.41, 5.74) is 2.10. The number of amides is 1.